The number of nitrogens with one attached hydrogen (secondary N) is 1. The molecular formula is C28H32N2O. The topological polar surface area (TPSA) is 34.1 Å². The summed E-state index contributed by atoms with van der Waals surface area (Å²) in [6.45, 7) is 1.86. The minimum atomic E-state index is 0.574. The van der Waals surface area contributed by atoms with E-state index in [9.17, 15) is 0 Å². The smallest absolute Gasteiger partial charge is 0.138 e. The van der Waals surface area contributed by atoms with E-state index in [1.54, 1.807) is 0 Å². The Kier molecular flexibility index (Phi) is 6.31. The van der Waals surface area contributed by atoms with Gasteiger partial charge in [0.15, 0.2) is 0 Å². The van der Waals surface area contributed by atoms with Crippen molar-refractivity contribution in [3.05, 3.63) is 66.4 Å². The first kappa shape index (κ1) is 20.3. The minimum absolute atomic E-state index is 0.574. The third-order valence-corrected chi connectivity index (χ3v) is 6.69. The number of allylic oxidation sites excluding steroid dienone is 2. The molecule has 3 heteroatoms. The van der Waals surface area contributed by atoms with Gasteiger partial charge in [-0.1, -0.05) is 48.9 Å². The van der Waals surface area contributed by atoms with E-state index in [2.05, 4.69) is 59.9 Å². The molecule has 31 heavy (non-hydrogen) atoms. The van der Waals surface area contributed by atoms with Gasteiger partial charge in [0.2, 0.25) is 0 Å². The van der Waals surface area contributed by atoms with Gasteiger partial charge in [-0.05, 0) is 80.3 Å². The molecule has 1 aliphatic heterocycles. The summed E-state index contributed by atoms with van der Waals surface area (Å²) < 4.78 is 6.55. The number of piperidine rings is 1. The maximum absolute atomic E-state index is 6.55. The number of aromatic nitrogens is 1. The Morgan fingerprint density at radius 1 is 0.968 bits per heavy atom. The summed E-state index contributed by atoms with van der Waals surface area (Å²) in [5, 5.41) is 4.77. The number of ether oxygens (including phenoxy) is 1. The fraction of sp³-hybridized carbons (Fsp3) is 0.393. The highest BCUT2D eigenvalue weighted by molar-refractivity contribution is 5.94. The van der Waals surface area contributed by atoms with Crippen molar-refractivity contribution in [2.24, 2.45) is 0 Å². The van der Waals surface area contributed by atoms with E-state index in [-0.39, 0.29) is 0 Å². The summed E-state index contributed by atoms with van der Waals surface area (Å²) in [5.41, 5.74) is 6.03. The van der Waals surface area contributed by atoms with Gasteiger partial charge in [0.1, 0.15) is 5.75 Å². The zero-order valence-corrected chi connectivity index (χ0v) is 18.3. The molecule has 1 aromatic heterocycles. The van der Waals surface area contributed by atoms with Crippen molar-refractivity contribution in [1.82, 2.24) is 10.3 Å². The molecule has 3 aromatic rings. The highest BCUT2D eigenvalue weighted by Gasteiger charge is 2.17. The lowest BCUT2D eigenvalue weighted by Gasteiger charge is -2.24. The molecule has 2 aromatic carbocycles. The van der Waals surface area contributed by atoms with E-state index >= 15 is 0 Å². The number of hydrogen-bond acceptors (Lipinski definition) is 3. The standard InChI is InChI=1S/C28H32N2O/c1-3-9-21(10-4-1)23-14-15-27-25(19-23)28(31-18-16-24-13-7-8-17-29-24)26(20-30-27)22-11-5-2-6-12-22/h2,5-6,9,11-12,14-15,19-20,24,29H,1,3-4,7-8,10,13,16-18H2. The van der Waals surface area contributed by atoms with Crippen LogP contribution in [0.3, 0.4) is 0 Å². The summed E-state index contributed by atoms with van der Waals surface area (Å²) in [6.07, 6.45) is 14.2. The molecule has 0 amide bonds. The van der Waals surface area contributed by atoms with Crippen molar-refractivity contribution in [2.75, 3.05) is 13.2 Å². The second kappa shape index (κ2) is 9.65. The zero-order valence-electron chi connectivity index (χ0n) is 18.3. The SMILES string of the molecule is C1=C(c2ccc3ncc(-c4ccccc4)c(OCCC4CCCCN4)c3c2)CCCC1. The van der Waals surface area contributed by atoms with Crippen LogP contribution in [0, 0.1) is 0 Å². The fourth-order valence-electron chi connectivity index (χ4n) is 4.92. The number of benzene rings is 2. The molecule has 2 aliphatic rings. The van der Waals surface area contributed by atoms with Crippen LogP contribution in [0.5, 0.6) is 5.75 Å². The zero-order chi connectivity index (χ0) is 20.9. The predicted octanol–water partition coefficient (Wildman–Crippen LogP) is 6.77. The Morgan fingerprint density at radius 3 is 2.71 bits per heavy atom. The summed E-state index contributed by atoms with van der Waals surface area (Å²) in [5.74, 6) is 0.977. The first-order valence-corrected chi connectivity index (χ1v) is 11.9. The maximum Gasteiger partial charge on any atom is 0.138 e. The van der Waals surface area contributed by atoms with Gasteiger partial charge in [0.25, 0.3) is 0 Å². The van der Waals surface area contributed by atoms with Gasteiger partial charge in [0, 0.05) is 23.2 Å². The first-order chi connectivity index (χ1) is 15.4. The molecule has 1 unspecified atom stereocenters. The Labute approximate surface area is 185 Å². The lowest BCUT2D eigenvalue weighted by atomic mass is 9.92. The van der Waals surface area contributed by atoms with Crippen LogP contribution in [0.2, 0.25) is 0 Å². The van der Waals surface area contributed by atoms with E-state index in [1.165, 1.54) is 56.1 Å². The number of hydrogen-bond donors (Lipinski definition) is 1. The van der Waals surface area contributed by atoms with Crippen LogP contribution in [0.15, 0.2) is 60.8 Å². The lowest BCUT2D eigenvalue weighted by Crippen LogP contribution is -2.35. The predicted molar refractivity (Wildman–Crippen MR) is 129 cm³/mol. The van der Waals surface area contributed by atoms with Gasteiger partial charge in [-0.15, -0.1) is 0 Å². The Hall–Kier alpha value is -2.65. The summed E-state index contributed by atoms with van der Waals surface area (Å²) in [7, 11) is 0. The molecule has 1 fully saturated rings. The van der Waals surface area contributed by atoms with Crippen molar-refractivity contribution in [3.8, 4) is 16.9 Å². The molecule has 5 rings (SSSR count). The number of pyridine rings is 1. The number of rotatable bonds is 6. The van der Waals surface area contributed by atoms with Gasteiger partial charge in [0.05, 0.1) is 12.1 Å². The summed E-state index contributed by atoms with van der Waals surface area (Å²) in [4.78, 5) is 4.79. The van der Waals surface area contributed by atoms with E-state index in [1.807, 2.05) is 6.20 Å². The number of fused-ring (bicyclic) bond motifs is 1. The van der Waals surface area contributed by atoms with E-state index in [0.717, 1.165) is 47.4 Å². The summed E-state index contributed by atoms with van der Waals surface area (Å²) >= 11 is 0. The molecule has 1 saturated heterocycles. The average molecular weight is 413 g/mol. The van der Waals surface area contributed by atoms with Crippen molar-refractivity contribution in [2.45, 2.75) is 57.4 Å². The second-order valence-electron chi connectivity index (χ2n) is 8.86. The molecule has 1 aliphatic carbocycles. The van der Waals surface area contributed by atoms with Crippen LogP contribution in [0.4, 0.5) is 0 Å². The largest absolute Gasteiger partial charge is 0.492 e. The normalized spacial score (nSPS) is 19.2. The molecule has 160 valence electrons. The van der Waals surface area contributed by atoms with Crippen molar-refractivity contribution in [3.63, 3.8) is 0 Å². The van der Waals surface area contributed by atoms with Crippen LogP contribution >= 0.6 is 0 Å². The van der Waals surface area contributed by atoms with E-state index in [0.29, 0.717) is 6.04 Å². The molecule has 2 heterocycles. The highest BCUT2D eigenvalue weighted by atomic mass is 16.5. The second-order valence-corrected chi connectivity index (χ2v) is 8.86. The lowest BCUT2D eigenvalue weighted by molar-refractivity contribution is 0.271. The minimum Gasteiger partial charge on any atom is -0.492 e. The van der Waals surface area contributed by atoms with Gasteiger partial charge in [-0.2, -0.15) is 0 Å². The van der Waals surface area contributed by atoms with Crippen LogP contribution in [0.25, 0.3) is 27.6 Å². The Bertz CT molecular complexity index is 1050. The first-order valence-electron chi connectivity index (χ1n) is 11.9. The van der Waals surface area contributed by atoms with Crippen molar-refractivity contribution >= 4 is 16.5 Å². The van der Waals surface area contributed by atoms with Gasteiger partial charge in [-0.3, -0.25) is 4.98 Å². The molecule has 0 radical (unpaired) electrons. The molecule has 0 saturated carbocycles. The van der Waals surface area contributed by atoms with Crippen LogP contribution < -0.4 is 10.1 Å². The van der Waals surface area contributed by atoms with E-state index in [4.69, 9.17) is 9.72 Å². The third-order valence-electron chi connectivity index (χ3n) is 6.69. The average Bonchev–Trinajstić information content (AvgIpc) is 2.85. The van der Waals surface area contributed by atoms with Crippen LogP contribution in [0.1, 0.15) is 56.9 Å². The van der Waals surface area contributed by atoms with E-state index < -0.39 is 0 Å². The molecule has 1 atom stereocenters. The van der Waals surface area contributed by atoms with Crippen LogP contribution in [-0.2, 0) is 0 Å². The Balaban J connectivity index is 1.51. The maximum atomic E-state index is 6.55. The van der Waals surface area contributed by atoms with Crippen molar-refractivity contribution in [1.29, 1.82) is 0 Å². The fourth-order valence-corrected chi connectivity index (χ4v) is 4.92. The summed E-state index contributed by atoms with van der Waals surface area (Å²) in [6, 6.07) is 17.8. The number of nitrogens with zero attached hydrogens (tertiary/aromatic N) is 1. The third kappa shape index (κ3) is 4.67. The monoisotopic (exact) mass is 412 g/mol. The molecule has 0 spiro atoms. The molecule has 1 N–H and O–H groups in total. The molecular weight excluding hydrogens is 380 g/mol. The molecule has 0 bridgehead atoms. The molecule has 3 nitrogen and oxygen atoms in total. The van der Waals surface area contributed by atoms with Gasteiger partial charge < -0.3 is 10.1 Å². The quantitative estimate of drug-likeness (QED) is 0.485. The Morgan fingerprint density at radius 2 is 1.90 bits per heavy atom. The van der Waals surface area contributed by atoms with Gasteiger partial charge >= 0.3 is 0 Å². The van der Waals surface area contributed by atoms with Gasteiger partial charge in [-0.25, -0.2) is 0 Å². The van der Waals surface area contributed by atoms with Crippen molar-refractivity contribution < 1.29 is 4.74 Å². The highest BCUT2D eigenvalue weighted by Crippen LogP contribution is 2.38. The van der Waals surface area contributed by atoms with Crippen LogP contribution in [-0.4, -0.2) is 24.2 Å².